The SMILES string of the molecule is C=CN(\C=C(C(N)=O)/C(=C/C=C\C)C(/Cl)=C(\C)CC)/N=C(/c1cc(C(F)(F)F)cc(C(F)(F)F)c1)C(C)CC. The number of primary amides is 1. The molecule has 0 aliphatic carbocycles. The van der Waals surface area contributed by atoms with Crippen molar-refractivity contribution in [1.82, 2.24) is 5.01 Å². The topological polar surface area (TPSA) is 58.7 Å². The summed E-state index contributed by atoms with van der Waals surface area (Å²) >= 11 is 6.53. The van der Waals surface area contributed by atoms with Crippen molar-refractivity contribution in [3.05, 3.63) is 93.8 Å². The smallest absolute Gasteiger partial charge is 0.366 e. The molecule has 0 fully saturated rings. The highest BCUT2D eigenvalue weighted by molar-refractivity contribution is 6.33. The molecule has 0 bridgehead atoms. The number of nitrogens with two attached hydrogens (primary N) is 1. The molecule has 1 aromatic rings. The van der Waals surface area contributed by atoms with Crippen molar-refractivity contribution in [2.45, 2.75) is 59.8 Å². The third-order valence-electron chi connectivity index (χ3n) is 5.79. The summed E-state index contributed by atoms with van der Waals surface area (Å²) in [7, 11) is 0. The third kappa shape index (κ3) is 9.45. The number of amides is 1. The molecular formula is C28H32ClF6N3O. The second-order valence-corrected chi connectivity index (χ2v) is 8.99. The summed E-state index contributed by atoms with van der Waals surface area (Å²) in [6, 6.07) is 1.28. The van der Waals surface area contributed by atoms with Crippen LogP contribution in [0.2, 0.25) is 0 Å². The van der Waals surface area contributed by atoms with Gasteiger partial charge in [-0.15, -0.1) is 0 Å². The molecule has 0 saturated carbocycles. The van der Waals surface area contributed by atoms with Crippen molar-refractivity contribution in [1.29, 1.82) is 0 Å². The molecule has 39 heavy (non-hydrogen) atoms. The van der Waals surface area contributed by atoms with Crippen LogP contribution in [0.4, 0.5) is 26.3 Å². The monoisotopic (exact) mass is 575 g/mol. The first kappa shape index (κ1) is 33.8. The van der Waals surface area contributed by atoms with Crippen LogP contribution in [0.15, 0.2) is 82.3 Å². The lowest BCUT2D eigenvalue weighted by Crippen LogP contribution is -2.21. The van der Waals surface area contributed by atoms with Crippen molar-refractivity contribution < 1.29 is 31.1 Å². The Morgan fingerprint density at radius 3 is 2.03 bits per heavy atom. The average molecular weight is 576 g/mol. The number of hydrogen-bond acceptors (Lipinski definition) is 3. The zero-order valence-corrected chi connectivity index (χ0v) is 23.1. The first-order valence-corrected chi connectivity index (χ1v) is 12.4. The molecule has 0 aliphatic heterocycles. The lowest BCUT2D eigenvalue weighted by atomic mass is 9.93. The molecule has 2 N–H and O–H groups in total. The van der Waals surface area contributed by atoms with E-state index in [9.17, 15) is 31.1 Å². The fourth-order valence-corrected chi connectivity index (χ4v) is 3.54. The van der Waals surface area contributed by atoms with Gasteiger partial charge in [0.2, 0.25) is 0 Å². The summed E-state index contributed by atoms with van der Waals surface area (Å²) in [6.07, 6.45) is -1.95. The van der Waals surface area contributed by atoms with E-state index in [0.717, 1.165) is 16.8 Å². The number of rotatable bonds is 11. The molecule has 1 rings (SSSR count). The van der Waals surface area contributed by atoms with Gasteiger partial charge < -0.3 is 5.73 Å². The highest BCUT2D eigenvalue weighted by atomic mass is 35.5. The molecule has 1 aromatic carbocycles. The number of hydrogen-bond donors (Lipinski definition) is 1. The average Bonchev–Trinajstić information content (AvgIpc) is 2.87. The Balaban J connectivity index is 4.00. The van der Waals surface area contributed by atoms with Crippen LogP contribution >= 0.6 is 11.6 Å². The maximum absolute atomic E-state index is 13.5. The molecule has 0 spiro atoms. The Bertz CT molecular complexity index is 1170. The van der Waals surface area contributed by atoms with Gasteiger partial charge >= 0.3 is 12.4 Å². The molecule has 4 nitrogen and oxygen atoms in total. The van der Waals surface area contributed by atoms with Gasteiger partial charge in [-0.3, -0.25) is 4.79 Å². The molecule has 1 unspecified atom stereocenters. The second kappa shape index (κ2) is 14.2. The molecule has 1 amide bonds. The Kier molecular flexibility index (Phi) is 12.3. The van der Waals surface area contributed by atoms with Gasteiger partial charge in [-0.25, -0.2) is 5.01 Å². The highest BCUT2D eigenvalue weighted by Gasteiger charge is 2.37. The summed E-state index contributed by atoms with van der Waals surface area (Å²) in [6.45, 7) is 12.3. The van der Waals surface area contributed by atoms with Crippen LogP contribution in [0.3, 0.4) is 0 Å². The molecule has 0 aromatic heterocycles. The maximum Gasteiger partial charge on any atom is 0.416 e. The summed E-state index contributed by atoms with van der Waals surface area (Å²) in [5.41, 5.74) is 3.15. The number of nitrogens with zero attached hydrogens (tertiary/aromatic N) is 2. The van der Waals surface area contributed by atoms with Gasteiger partial charge in [0.1, 0.15) is 0 Å². The largest absolute Gasteiger partial charge is 0.416 e. The first-order chi connectivity index (χ1) is 18.0. The minimum atomic E-state index is -5.03. The summed E-state index contributed by atoms with van der Waals surface area (Å²) in [4.78, 5) is 12.5. The maximum atomic E-state index is 13.5. The number of carbonyl (C=O) groups is 1. The van der Waals surface area contributed by atoms with E-state index in [1.54, 1.807) is 45.9 Å². The standard InChI is InChI=1S/C28H32ClF6N3O/c1-7-11-12-22(24(29)17(5)8-2)23(26(36)39)16-38(10-4)37-25(18(6)9-3)19-13-20(27(30,31)32)15-21(14-19)28(33,34)35/h7,10-16,18H,4,8-9H2,1-3,5-6H3,(H2,36,39)/b11-7-,22-12-,23-16+,24-17-,37-25+. The van der Waals surface area contributed by atoms with E-state index in [1.165, 1.54) is 6.20 Å². The minimum Gasteiger partial charge on any atom is -0.366 e. The molecule has 0 heterocycles. The van der Waals surface area contributed by atoms with Crippen LogP contribution in [-0.4, -0.2) is 16.6 Å². The Morgan fingerprint density at radius 1 is 1.10 bits per heavy atom. The zero-order chi connectivity index (χ0) is 30.1. The van der Waals surface area contributed by atoms with Gasteiger partial charge in [-0.1, -0.05) is 62.8 Å². The van der Waals surface area contributed by atoms with Crippen molar-refractivity contribution in [2.75, 3.05) is 0 Å². The summed E-state index contributed by atoms with van der Waals surface area (Å²) < 4.78 is 81.1. The minimum absolute atomic E-state index is 0.0524. The van der Waals surface area contributed by atoms with Gasteiger partial charge in [0.15, 0.2) is 0 Å². The van der Waals surface area contributed by atoms with Gasteiger partial charge in [0, 0.05) is 28.9 Å². The van der Waals surface area contributed by atoms with Crippen molar-refractivity contribution in [2.24, 2.45) is 16.8 Å². The molecule has 0 aliphatic rings. The number of hydrazone groups is 1. The predicted octanol–water partition coefficient (Wildman–Crippen LogP) is 8.71. The number of alkyl halides is 6. The summed E-state index contributed by atoms with van der Waals surface area (Å²) in [5, 5.41) is 5.57. The number of allylic oxidation sites excluding steroid dienone is 5. The highest BCUT2D eigenvalue weighted by Crippen LogP contribution is 2.37. The molecular weight excluding hydrogens is 544 g/mol. The number of benzene rings is 1. The van der Waals surface area contributed by atoms with E-state index in [1.807, 2.05) is 6.92 Å². The van der Waals surface area contributed by atoms with E-state index in [0.29, 0.717) is 25.0 Å². The van der Waals surface area contributed by atoms with Crippen LogP contribution in [0, 0.1) is 5.92 Å². The lowest BCUT2D eigenvalue weighted by Gasteiger charge is -2.21. The van der Waals surface area contributed by atoms with E-state index >= 15 is 0 Å². The Labute approximate surface area is 229 Å². The van der Waals surface area contributed by atoms with Crippen LogP contribution in [0.25, 0.3) is 0 Å². The van der Waals surface area contributed by atoms with E-state index in [-0.39, 0.29) is 33.5 Å². The summed E-state index contributed by atoms with van der Waals surface area (Å²) in [5.74, 6) is -1.47. The van der Waals surface area contributed by atoms with Crippen molar-refractivity contribution >= 4 is 23.2 Å². The van der Waals surface area contributed by atoms with Crippen LogP contribution in [0.1, 0.15) is 64.2 Å². The molecule has 0 radical (unpaired) electrons. The van der Waals surface area contributed by atoms with E-state index < -0.39 is 35.3 Å². The quantitative estimate of drug-likeness (QED) is 0.0943. The zero-order valence-electron chi connectivity index (χ0n) is 22.3. The molecule has 1 atom stereocenters. The number of halogens is 7. The number of carbonyl (C=O) groups excluding carboxylic acids is 1. The first-order valence-electron chi connectivity index (χ1n) is 12.0. The molecule has 11 heteroatoms. The predicted molar refractivity (Wildman–Crippen MR) is 143 cm³/mol. The fourth-order valence-electron chi connectivity index (χ4n) is 3.24. The lowest BCUT2D eigenvalue weighted by molar-refractivity contribution is -0.143. The van der Waals surface area contributed by atoms with Gasteiger partial charge in [-0.2, -0.15) is 31.4 Å². The normalized spacial score (nSPS) is 15.3. The molecule has 214 valence electrons. The van der Waals surface area contributed by atoms with Crippen molar-refractivity contribution in [3.63, 3.8) is 0 Å². The third-order valence-corrected chi connectivity index (χ3v) is 6.31. The van der Waals surface area contributed by atoms with Gasteiger partial charge in [0.25, 0.3) is 5.91 Å². The second-order valence-electron chi connectivity index (χ2n) is 8.61. The van der Waals surface area contributed by atoms with Crippen LogP contribution in [0.5, 0.6) is 0 Å². The van der Waals surface area contributed by atoms with Crippen LogP contribution < -0.4 is 5.73 Å². The van der Waals surface area contributed by atoms with Crippen molar-refractivity contribution in [3.8, 4) is 0 Å². The van der Waals surface area contributed by atoms with Gasteiger partial charge in [-0.05, 0) is 50.5 Å². The van der Waals surface area contributed by atoms with Crippen LogP contribution in [-0.2, 0) is 17.1 Å². The van der Waals surface area contributed by atoms with E-state index in [2.05, 4.69) is 11.7 Å². The molecule has 0 saturated heterocycles. The fraction of sp³-hybridized carbons (Fsp3) is 0.357. The Hall–Kier alpha value is -3.27. The van der Waals surface area contributed by atoms with E-state index in [4.69, 9.17) is 17.3 Å². The van der Waals surface area contributed by atoms with Gasteiger partial charge in [0.05, 0.1) is 22.4 Å². The Morgan fingerprint density at radius 2 is 1.64 bits per heavy atom.